The molecule has 21 heavy (non-hydrogen) atoms. The third kappa shape index (κ3) is 2.92. The summed E-state index contributed by atoms with van der Waals surface area (Å²) in [7, 11) is -0.826. The molecule has 0 spiro atoms. The molecular formula is C14H21N3O3S. The highest BCUT2D eigenvalue weighted by Gasteiger charge is 2.39. The van der Waals surface area contributed by atoms with Crippen molar-refractivity contribution < 1.29 is 9.13 Å². The van der Waals surface area contributed by atoms with Gasteiger partial charge in [-0.25, -0.2) is 4.98 Å². The van der Waals surface area contributed by atoms with E-state index in [0.29, 0.717) is 24.4 Å². The standard InChI is InChI=1S/C14H21N3O3S/c1-4-14(5-2)10-16(6-7-21(14)20)13-8-11(3)12(9-15-13)17(18)19/h8-9H,4-7,10H2,1-3H3. The minimum atomic E-state index is -0.826. The number of nitrogens with zero attached hydrogens (tertiary/aromatic N) is 3. The van der Waals surface area contributed by atoms with Crippen molar-refractivity contribution in [2.24, 2.45) is 0 Å². The maximum atomic E-state index is 12.3. The summed E-state index contributed by atoms with van der Waals surface area (Å²) in [5.74, 6) is 1.36. The van der Waals surface area contributed by atoms with E-state index in [9.17, 15) is 14.3 Å². The average Bonchev–Trinajstić information content (AvgIpc) is 2.47. The van der Waals surface area contributed by atoms with Crippen molar-refractivity contribution in [1.29, 1.82) is 0 Å². The average molecular weight is 311 g/mol. The number of aryl methyl sites for hydroxylation is 1. The molecule has 0 bridgehead atoms. The van der Waals surface area contributed by atoms with Crippen LogP contribution in [0, 0.1) is 17.0 Å². The molecule has 1 unspecified atom stereocenters. The highest BCUT2D eigenvalue weighted by atomic mass is 32.2. The Bertz CT molecular complexity index is 573. The summed E-state index contributed by atoms with van der Waals surface area (Å²) in [5, 5.41) is 10.9. The molecule has 7 heteroatoms. The topological polar surface area (TPSA) is 76.3 Å². The first kappa shape index (κ1) is 15.9. The highest BCUT2D eigenvalue weighted by Crippen LogP contribution is 2.31. The van der Waals surface area contributed by atoms with E-state index in [1.807, 2.05) is 0 Å². The summed E-state index contributed by atoms with van der Waals surface area (Å²) in [6, 6.07) is 1.75. The Hall–Kier alpha value is -1.50. The van der Waals surface area contributed by atoms with Gasteiger partial charge in [0, 0.05) is 35.2 Å². The molecule has 0 aliphatic carbocycles. The monoisotopic (exact) mass is 311 g/mol. The first-order valence-corrected chi connectivity index (χ1v) is 8.50. The van der Waals surface area contributed by atoms with Crippen LogP contribution >= 0.6 is 0 Å². The van der Waals surface area contributed by atoms with Crippen molar-refractivity contribution in [1.82, 2.24) is 4.98 Å². The molecule has 1 aliphatic rings. The maximum absolute atomic E-state index is 12.3. The van der Waals surface area contributed by atoms with E-state index < -0.39 is 15.7 Å². The lowest BCUT2D eigenvalue weighted by Gasteiger charge is -2.41. The number of hydrogen-bond acceptors (Lipinski definition) is 5. The minimum absolute atomic E-state index is 0.0385. The number of hydrogen-bond donors (Lipinski definition) is 0. The van der Waals surface area contributed by atoms with Gasteiger partial charge in [-0.2, -0.15) is 0 Å². The number of aromatic nitrogens is 1. The van der Waals surface area contributed by atoms with Crippen molar-refractivity contribution >= 4 is 22.3 Å². The lowest BCUT2D eigenvalue weighted by atomic mass is 10.0. The second-order valence-electron chi connectivity index (χ2n) is 5.45. The fourth-order valence-corrected chi connectivity index (χ4v) is 4.56. The van der Waals surface area contributed by atoms with Gasteiger partial charge in [0.25, 0.3) is 5.69 Å². The summed E-state index contributed by atoms with van der Waals surface area (Å²) >= 11 is 0. The Kier molecular flexibility index (Phi) is 4.61. The van der Waals surface area contributed by atoms with E-state index in [2.05, 4.69) is 23.7 Å². The molecule has 0 saturated carbocycles. The molecule has 0 N–H and O–H groups in total. The zero-order valence-electron chi connectivity index (χ0n) is 12.7. The van der Waals surface area contributed by atoms with Crippen LogP contribution in [0.5, 0.6) is 0 Å². The summed E-state index contributed by atoms with van der Waals surface area (Å²) in [5.41, 5.74) is 0.645. The van der Waals surface area contributed by atoms with Gasteiger partial charge in [-0.3, -0.25) is 14.3 Å². The van der Waals surface area contributed by atoms with Crippen LogP contribution < -0.4 is 4.90 Å². The van der Waals surface area contributed by atoms with Gasteiger partial charge in [0.05, 0.1) is 9.67 Å². The number of anilines is 1. The van der Waals surface area contributed by atoms with E-state index in [1.54, 1.807) is 13.0 Å². The minimum Gasteiger partial charge on any atom is -0.354 e. The molecule has 1 fully saturated rings. The predicted octanol–water partition coefficient (Wildman–Crippen LogP) is 2.43. The Labute approximate surface area is 127 Å². The van der Waals surface area contributed by atoms with E-state index >= 15 is 0 Å². The van der Waals surface area contributed by atoms with Gasteiger partial charge in [0.15, 0.2) is 0 Å². The summed E-state index contributed by atoms with van der Waals surface area (Å²) < 4.78 is 12.1. The molecule has 1 aromatic heterocycles. The van der Waals surface area contributed by atoms with Gasteiger partial charge in [0.1, 0.15) is 12.0 Å². The summed E-state index contributed by atoms with van der Waals surface area (Å²) in [6.07, 6.45) is 3.03. The second-order valence-corrected chi connectivity index (χ2v) is 7.41. The van der Waals surface area contributed by atoms with Gasteiger partial charge in [0.2, 0.25) is 0 Å². The van der Waals surface area contributed by atoms with Crippen LogP contribution in [0.4, 0.5) is 11.5 Å². The van der Waals surface area contributed by atoms with Crippen molar-refractivity contribution in [3.05, 3.63) is 27.9 Å². The summed E-state index contributed by atoms with van der Waals surface area (Å²) in [6.45, 7) is 7.23. The Morgan fingerprint density at radius 1 is 1.48 bits per heavy atom. The number of rotatable bonds is 4. The molecule has 1 saturated heterocycles. The van der Waals surface area contributed by atoms with Crippen LogP contribution in [0.25, 0.3) is 0 Å². The zero-order chi connectivity index (χ0) is 15.6. The zero-order valence-corrected chi connectivity index (χ0v) is 13.5. The van der Waals surface area contributed by atoms with Crippen LogP contribution in [0.3, 0.4) is 0 Å². The van der Waals surface area contributed by atoms with Gasteiger partial charge in [-0.1, -0.05) is 13.8 Å². The normalized spacial score (nSPS) is 21.3. The van der Waals surface area contributed by atoms with Crippen molar-refractivity contribution in [2.45, 2.75) is 38.4 Å². The van der Waals surface area contributed by atoms with Crippen molar-refractivity contribution in [3.8, 4) is 0 Å². The predicted molar refractivity (Wildman–Crippen MR) is 84.2 cm³/mol. The molecule has 2 heterocycles. The highest BCUT2D eigenvalue weighted by molar-refractivity contribution is 7.86. The van der Waals surface area contributed by atoms with Crippen LogP contribution in [0.1, 0.15) is 32.3 Å². The molecule has 6 nitrogen and oxygen atoms in total. The summed E-state index contributed by atoms with van der Waals surface area (Å²) in [4.78, 5) is 16.8. The Morgan fingerprint density at radius 3 is 2.67 bits per heavy atom. The SMILES string of the molecule is CCC1(CC)CN(c2cc(C)c([N+](=O)[O-])cn2)CCS1=O. The van der Waals surface area contributed by atoms with E-state index in [-0.39, 0.29) is 10.4 Å². The van der Waals surface area contributed by atoms with Gasteiger partial charge < -0.3 is 4.90 Å². The first-order chi connectivity index (χ1) is 9.93. The first-order valence-electron chi connectivity index (χ1n) is 7.18. The van der Waals surface area contributed by atoms with Crippen molar-refractivity contribution in [3.63, 3.8) is 0 Å². The van der Waals surface area contributed by atoms with E-state index in [0.717, 1.165) is 18.7 Å². The smallest absolute Gasteiger partial charge is 0.290 e. The van der Waals surface area contributed by atoms with Crippen LogP contribution in [-0.2, 0) is 10.8 Å². The fraction of sp³-hybridized carbons (Fsp3) is 0.643. The van der Waals surface area contributed by atoms with Gasteiger partial charge in [-0.15, -0.1) is 0 Å². The molecule has 116 valence electrons. The number of nitro groups is 1. The van der Waals surface area contributed by atoms with Crippen LogP contribution in [0.2, 0.25) is 0 Å². The lowest BCUT2D eigenvalue weighted by molar-refractivity contribution is -0.385. The molecule has 2 rings (SSSR count). The van der Waals surface area contributed by atoms with Gasteiger partial charge >= 0.3 is 0 Å². The molecular weight excluding hydrogens is 290 g/mol. The van der Waals surface area contributed by atoms with Gasteiger partial charge in [-0.05, 0) is 25.8 Å². The largest absolute Gasteiger partial charge is 0.354 e. The van der Waals surface area contributed by atoms with E-state index in [4.69, 9.17) is 0 Å². The lowest BCUT2D eigenvalue weighted by Crippen LogP contribution is -2.53. The molecule has 0 radical (unpaired) electrons. The molecule has 0 aromatic carbocycles. The fourth-order valence-electron chi connectivity index (χ4n) is 2.80. The third-order valence-corrected chi connectivity index (χ3v) is 6.61. The second kappa shape index (κ2) is 6.09. The third-order valence-electron chi connectivity index (χ3n) is 4.39. The maximum Gasteiger partial charge on any atom is 0.290 e. The molecule has 0 amide bonds. The molecule has 1 atom stereocenters. The Morgan fingerprint density at radius 2 is 2.14 bits per heavy atom. The molecule has 1 aromatic rings. The molecule has 1 aliphatic heterocycles. The number of pyridine rings is 1. The van der Waals surface area contributed by atoms with Crippen LogP contribution in [-0.4, -0.2) is 37.7 Å². The Balaban J connectivity index is 2.29. The van der Waals surface area contributed by atoms with Crippen molar-refractivity contribution in [2.75, 3.05) is 23.7 Å². The van der Waals surface area contributed by atoms with E-state index in [1.165, 1.54) is 6.20 Å². The quantitative estimate of drug-likeness (QED) is 0.630. The van der Waals surface area contributed by atoms with Crippen LogP contribution in [0.15, 0.2) is 12.3 Å².